The van der Waals surface area contributed by atoms with Crippen molar-refractivity contribution in [2.24, 2.45) is 0 Å². The quantitative estimate of drug-likeness (QED) is 0.897. The molecule has 0 radical (unpaired) electrons. The van der Waals surface area contributed by atoms with Gasteiger partial charge in [0.2, 0.25) is 0 Å². The van der Waals surface area contributed by atoms with Crippen molar-refractivity contribution in [3.8, 4) is 11.5 Å². The molecule has 0 spiro atoms. The lowest BCUT2D eigenvalue weighted by atomic mass is 9.87. The van der Waals surface area contributed by atoms with Crippen molar-refractivity contribution in [3.05, 3.63) is 21.2 Å². The lowest BCUT2D eigenvalue weighted by molar-refractivity contribution is -0.138. The Balaban J connectivity index is 2.27. The van der Waals surface area contributed by atoms with Crippen LogP contribution in [0.4, 0.5) is 0 Å². The summed E-state index contributed by atoms with van der Waals surface area (Å²) < 4.78 is 12.6. The molecular weight excluding hydrogens is 324 g/mol. The number of hydrogen-bond acceptors (Lipinski definition) is 3. The van der Waals surface area contributed by atoms with Crippen LogP contribution in [0.3, 0.4) is 0 Å². The number of rotatable bonds is 2. The van der Waals surface area contributed by atoms with Gasteiger partial charge in [0.05, 0.1) is 23.6 Å². The third-order valence-electron chi connectivity index (χ3n) is 4.02. The fourth-order valence-corrected chi connectivity index (χ4v) is 3.74. The van der Waals surface area contributed by atoms with Crippen LogP contribution in [0.15, 0.2) is 4.47 Å². The van der Waals surface area contributed by atoms with Gasteiger partial charge in [0.15, 0.2) is 0 Å². The first-order valence-corrected chi connectivity index (χ1v) is 7.76. The molecule has 2 aliphatic heterocycles. The minimum Gasteiger partial charge on any atom is -0.493 e. The monoisotopic (exact) mass is 340 g/mol. The van der Waals surface area contributed by atoms with Crippen molar-refractivity contribution in [2.45, 2.75) is 38.5 Å². The summed E-state index contributed by atoms with van der Waals surface area (Å²) in [5.74, 6) is 0.188. The van der Waals surface area contributed by atoms with Crippen LogP contribution in [-0.2, 0) is 17.6 Å². The van der Waals surface area contributed by atoms with E-state index in [0.717, 1.165) is 58.3 Å². The van der Waals surface area contributed by atoms with Gasteiger partial charge < -0.3 is 14.6 Å². The largest absolute Gasteiger partial charge is 0.493 e. The van der Waals surface area contributed by atoms with Crippen LogP contribution in [0.25, 0.3) is 0 Å². The molecule has 1 aromatic carbocycles. The second kappa shape index (κ2) is 5.28. The number of carbonyl (C=O) groups is 1. The Hall–Kier alpha value is -1.23. The molecule has 1 aromatic rings. The SMILES string of the molecule is CC(C(=O)O)c1c2c(c(Br)c3c1OCCC3)OCCC2. The maximum Gasteiger partial charge on any atom is 0.310 e. The van der Waals surface area contributed by atoms with E-state index in [1.165, 1.54) is 0 Å². The Kier molecular flexibility index (Phi) is 3.63. The highest BCUT2D eigenvalue weighted by Crippen LogP contribution is 2.48. The molecule has 3 rings (SSSR count). The Morgan fingerprint density at radius 2 is 1.75 bits per heavy atom. The molecule has 1 N–H and O–H groups in total. The molecule has 108 valence electrons. The third-order valence-corrected chi connectivity index (χ3v) is 4.86. The van der Waals surface area contributed by atoms with Gasteiger partial charge in [0.25, 0.3) is 0 Å². The van der Waals surface area contributed by atoms with Gasteiger partial charge in [-0.25, -0.2) is 0 Å². The number of ether oxygens (including phenoxy) is 2. The van der Waals surface area contributed by atoms with Crippen LogP contribution in [0, 0.1) is 0 Å². The zero-order valence-corrected chi connectivity index (χ0v) is 13.0. The molecule has 0 fully saturated rings. The number of aliphatic carboxylic acids is 1. The van der Waals surface area contributed by atoms with Gasteiger partial charge in [-0.3, -0.25) is 4.79 Å². The molecule has 0 saturated heterocycles. The molecule has 4 nitrogen and oxygen atoms in total. The highest BCUT2D eigenvalue weighted by Gasteiger charge is 2.32. The Bertz CT molecular complexity index is 530. The summed E-state index contributed by atoms with van der Waals surface area (Å²) in [5, 5.41) is 9.40. The van der Waals surface area contributed by atoms with Gasteiger partial charge in [0.1, 0.15) is 11.5 Å². The van der Waals surface area contributed by atoms with Crippen LogP contribution in [0.1, 0.15) is 42.4 Å². The van der Waals surface area contributed by atoms with Crippen molar-refractivity contribution in [2.75, 3.05) is 13.2 Å². The van der Waals surface area contributed by atoms with Gasteiger partial charge in [-0.05, 0) is 48.5 Å². The average molecular weight is 341 g/mol. The second-order valence-corrected chi connectivity index (χ2v) is 6.10. The summed E-state index contributed by atoms with van der Waals surface area (Å²) in [6, 6.07) is 0. The predicted molar refractivity (Wildman–Crippen MR) is 77.8 cm³/mol. The number of fused-ring (bicyclic) bond motifs is 2. The minimum absolute atomic E-state index is 0.578. The Morgan fingerprint density at radius 1 is 1.15 bits per heavy atom. The second-order valence-electron chi connectivity index (χ2n) is 5.31. The van der Waals surface area contributed by atoms with Gasteiger partial charge in [-0.1, -0.05) is 0 Å². The van der Waals surface area contributed by atoms with E-state index in [2.05, 4.69) is 15.9 Å². The van der Waals surface area contributed by atoms with Crippen LogP contribution in [0.2, 0.25) is 0 Å². The summed E-state index contributed by atoms with van der Waals surface area (Å²) in [6.45, 7) is 3.06. The number of hydrogen-bond donors (Lipinski definition) is 1. The number of benzene rings is 1. The fourth-order valence-electron chi connectivity index (χ4n) is 3.01. The molecule has 0 aliphatic carbocycles. The summed E-state index contributed by atoms with van der Waals surface area (Å²) in [5.41, 5.74) is 2.86. The highest BCUT2D eigenvalue weighted by atomic mass is 79.9. The first kappa shape index (κ1) is 13.7. The first-order valence-electron chi connectivity index (χ1n) is 6.96. The zero-order valence-electron chi connectivity index (χ0n) is 11.4. The Morgan fingerprint density at radius 3 is 2.40 bits per heavy atom. The average Bonchev–Trinajstić information content (AvgIpc) is 2.47. The van der Waals surface area contributed by atoms with E-state index in [9.17, 15) is 9.90 Å². The highest BCUT2D eigenvalue weighted by molar-refractivity contribution is 9.10. The van der Waals surface area contributed by atoms with Crippen molar-refractivity contribution >= 4 is 21.9 Å². The summed E-state index contributed by atoms with van der Waals surface area (Å²) in [6.07, 6.45) is 3.60. The molecule has 1 unspecified atom stereocenters. The first-order chi connectivity index (χ1) is 9.61. The zero-order chi connectivity index (χ0) is 14.3. The van der Waals surface area contributed by atoms with Gasteiger partial charge >= 0.3 is 5.97 Å². The maximum absolute atomic E-state index is 11.4. The van der Waals surface area contributed by atoms with E-state index in [4.69, 9.17) is 9.47 Å². The predicted octanol–water partition coefficient (Wildman–Crippen LogP) is 3.29. The molecule has 0 aromatic heterocycles. The van der Waals surface area contributed by atoms with Crippen LogP contribution in [0.5, 0.6) is 11.5 Å². The Labute approximate surface area is 126 Å². The maximum atomic E-state index is 11.4. The molecule has 0 bridgehead atoms. The van der Waals surface area contributed by atoms with E-state index in [1.54, 1.807) is 6.92 Å². The van der Waals surface area contributed by atoms with E-state index < -0.39 is 11.9 Å². The topological polar surface area (TPSA) is 55.8 Å². The van der Waals surface area contributed by atoms with Gasteiger partial charge in [-0.2, -0.15) is 0 Å². The summed E-state index contributed by atoms with van der Waals surface area (Å²) in [7, 11) is 0. The molecule has 1 atom stereocenters. The fraction of sp³-hybridized carbons (Fsp3) is 0.533. The third kappa shape index (κ3) is 2.08. The molecule has 20 heavy (non-hydrogen) atoms. The van der Waals surface area contributed by atoms with Crippen molar-refractivity contribution in [3.63, 3.8) is 0 Å². The smallest absolute Gasteiger partial charge is 0.310 e. The molecule has 0 saturated carbocycles. The summed E-state index contributed by atoms with van der Waals surface area (Å²) >= 11 is 3.62. The number of halogens is 1. The molecule has 2 heterocycles. The normalized spacial score (nSPS) is 18.3. The molecule has 5 heteroatoms. The lowest BCUT2D eigenvalue weighted by Gasteiger charge is -2.30. The van der Waals surface area contributed by atoms with Crippen molar-refractivity contribution < 1.29 is 19.4 Å². The minimum atomic E-state index is -0.823. The molecule has 2 aliphatic rings. The number of carboxylic acid groups (broad SMARTS) is 1. The van der Waals surface area contributed by atoms with E-state index in [-0.39, 0.29) is 0 Å². The van der Waals surface area contributed by atoms with Crippen molar-refractivity contribution in [1.82, 2.24) is 0 Å². The standard InChI is InChI=1S/C15H17BrO4/c1-8(15(17)18)11-9-4-2-7-20-14(9)12(16)10-5-3-6-19-13(10)11/h8H,2-7H2,1H3,(H,17,18). The van der Waals surface area contributed by atoms with E-state index in [0.29, 0.717) is 13.2 Å². The van der Waals surface area contributed by atoms with Gasteiger partial charge in [-0.15, -0.1) is 0 Å². The van der Waals surface area contributed by atoms with Crippen LogP contribution < -0.4 is 9.47 Å². The molecule has 0 amide bonds. The van der Waals surface area contributed by atoms with Crippen molar-refractivity contribution in [1.29, 1.82) is 0 Å². The van der Waals surface area contributed by atoms with E-state index in [1.807, 2.05) is 0 Å². The number of carboxylic acids is 1. The van der Waals surface area contributed by atoms with Crippen LogP contribution >= 0.6 is 15.9 Å². The summed E-state index contributed by atoms with van der Waals surface area (Å²) in [4.78, 5) is 11.4. The molecular formula is C15H17BrO4. The van der Waals surface area contributed by atoms with E-state index >= 15 is 0 Å². The van der Waals surface area contributed by atoms with Gasteiger partial charge in [0, 0.05) is 16.7 Å². The lowest BCUT2D eigenvalue weighted by Crippen LogP contribution is -2.21. The van der Waals surface area contributed by atoms with Crippen LogP contribution in [-0.4, -0.2) is 24.3 Å².